The third-order valence-corrected chi connectivity index (χ3v) is 3.31. The highest BCUT2D eigenvalue weighted by Gasteiger charge is 2.21. The van der Waals surface area contributed by atoms with E-state index in [1.807, 2.05) is 18.2 Å². The van der Waals surface area contributed by atoms with Crippen LogP contribution in [0.2, 0.25) is 0 Å². The second kappa shape index (κ2) is 5.51. The second-order valence-electron chi connectivity index (χ2n) is 4.71. The number of aromatic nitrogens is 2. The van der Waals surface area contributed by atoms with Gasteiger partial charge in [-0.1, -0.05) is 36.4 Å². The fourth-order valence-corrected chi connectivity index (χ4v) is 2.25. The van der Waals surface area contributed by atoms with Crippen molar-refractivity contribution in [1.29, 1.82) is 0 Å². The van der Waals surface area contributed by atoms with Gasteiger partial charge in [0.25, 0.3) is 5.56 Å². The standard InChI is InChI=1S/C15H14N2O4/c18-9-11-6-7-13(21-11)17-8-12(14(19)16-15(17)20)10-4-2-1-3-5-10/h1-8,11,13,18H,9H2,(H,16,19,20)/t11-,13-/m0/s1. The molecule has 1 aromatic heterocycles. The number of hydrogen-bond donors (Lipinski definition) is 2. The van der Waals surface area contributed by atoms with Crippen LogP contribution in [-0.4, -0.2) is 27.4 Å². The molecule has 0 saturated heterocycles. The van der Waals surface area contributed by atoms with E-state index in [1.165, 1.54) is 10.8 Å². The van der Waals surface area contributed by atoms with Crippen LogP contribution in [0.1, 0.15) is 6.23 Å². The molecule has 21 heavy (non-hydrogen) atoms. The minimum Gasteiger partial charge on any atom is -0.393 e. The molecule has 0 radical (unpaired) electrons. The Morgan fingerprint density at radius 2 is 1.95 bits per heavy atom. The zero-order valence-corrected chi connectivity index (χ0v) is 11.1. The zero-order chi connectivity index (χ0) is 14.8. The third kappa shape index (κ3) is 2.58. The Balaban J connectivity index is 2.05. The van der Waals surface area contributed by atoms with Crippen molar-refractivity contribution in [3.8, 4) is 11.1 Å². The highest BCUT2D eigenvalue weighted by molar-refractivity contribution is 5.60. The Hall–Kier alpha value is -2.44. The highest BCUT2D eigenvalue weighted by Crippen LogP contribution is 2.21. The van der Waals surface area contributed by atoms with Gasteiger partial charge in [-0.05, 0) is 11.6 Å². The molecule has 1 aromatic carbocycles. The summed E-state index contributed by atoms with van der Waals surface area (Å²) in [6.45, 7) is -0.156. The van der Waals surface area contributed by atoms with E-state index in [9.17, 15) is 9.59 Å². The fourth-order valence-electron chi connectivity index (χ4n) is 2.25. The number of hydrogen-bond acceptors (Lipinski definition) is 4. The molecule has 0 saturated carbocycles. The average molecular weight is 286 g/mol. The first kappa shape index (κ1) is 13.5. The number of H-pyrrole nitrogens is 1. The summed E-state index contributed by atoms with van der Waals surface area (Å²) < 4.78 is 6.79. The predicted octanol–water partition coefficient (Wildman–Crippen LogP) is 0.649. The summed E-state index contributed by atoms with van der Waals surface area (Å²) in [5.41, 5.74) is 0.115. The van der Waals surface area contributed by atoms with Gasteiger partial charge in [0.15, 0.2) is 6.23 Å². The largest absolute Gasteiger partial charge is 0.393 e. The molecular weight excluding hydrogens is 272 g/mol. The number of aliphatic hydroxyl groups excluding tert-OH is 1. The lowest BCUT2D eigenvalue weighted by molar-refractivity contribution is -0.0102. The van der Waals surface area contributed by atoms with Crippen LogP contribution in [0.3, 0.4) is 0 Å². The quantitative estimate of drug-likeness (QED) is 0.811. The maximum Gasteiger partial charge on any atom is 0.330 e. The molecule has 2 heterocycles. The molecule has 0 amide bonds. The van der Waals surface area contributed by atoms with Gasteiger partial charge in [-0.15, -0.1) is 0 Å². The fraction of sp³-hybridized carbons (Fsp3) is 0.200. The van der Waals surface area contributed by atoms with Crippen LogP contribution >= 0.6 is 0 Å². The Labute approximate surface area is 119 Å². The van der Waals surface area contributed by atoms with Gasteiger partial charge in [-0.25, -0.2) is 4.79 Å². The van der Waals surface area contributed by atoms with Gasteiger partial charge in [0.2, 0.25) is 0 Å². The molecule has 2 atom stereocenters. The molecule has 0 aliphatic carbocycles. The number of ether oxygens (including phenoxy) is 1. The zero-order valence-electron chi connectivity index (χ0n) is 11.1. The Morgan fingerprint density at radius 1 is 1.19 bits per heavy atom. The van der Waals surface area contributed by atoms with Crippen molar-refractivity contribution in [2.45, 2.75) is 12.3 Å². The van der Waals surface area contributed by atoms with Gasteiger partial charge in [0.05, 0.1) is 12.2 Å². The van der Waals surface area contributed by atoms with Crippen molar-refractivity contribution in [3.63, 3.8) is 0 Å². The van der Waals surface area contributed by atoms with Crippen LogP contribution in [0, 0.1) is 0 Å². The molecule has 0 spiro atoms. The highest BCUT2D eigenvalue weighted by atomic mass is 16.5. The van der Waals surface area contributed by atoms with Gasteiger partial charge >= 0.3 is 5.69 Å². The lowest BCUT2D eigenvalue weighted by Gasteiger charge is -2.15. The van der Waals surface area contributed by atoms with Crippen LogP contribution in [0.5, 0.6) is 0 Å². The Kier molecular flexibility index (Phi) is 3.55. The summed E-state index contributed by atoms with van der Waals surface area (Å²) in [7, 11) is 0. The number of aromatic amines is 1. The second-order valence-corrected chi connectivity index (χ2v) is 4.71. The first-order valence-corrected chi connectivity index (χ1v) is 6.54. The number of nitrogens with zero attached hydrogens (tertiary/aromatic N) is 1. The van der Waals surface area contributed by atoms with E-state index in [4.69, 9.17) is 9.84 Å². The van der Waals surface area contributed by atoms with Crippen LogP contribution in [0.15, 0.2) is 58.3 Å². The van der Waals surface area contributed by atoms with Gasteiger partial charge in [0.1, 0.15) is 6.10 Å². The van der Waals surface area contributed by atoms with Crippen LogP contribution in [0.4, 0.5) is 0 Å². The van der Waals surface area contributed by atoms with Crippen molar-refractivity contribution in [2.75, 3.05) is 6.61 Å². The van der Waals surface area contributed by atoms with Gasteiger partial charge in [-0.2, -0.15) is 0 Å². The molecule has 1 aliphatic heterocycles. The third-order valence-electron chi connectivity index (χ3n) is 3.31. The van der Waals surface area contributed by atoms with E-state index < -0.39 is 23.6 Å². The normalized spacial score (nSPS) is 20.8. The first-order chi connectivity index (χ1) is 10.2. The average Bonchev–Trinajstić information content (AvgIpc) is 2.97. The van der Waals surface area contributed by atoms with Gasteiger partial charge in [-0.3, -0.25) is 14.3 Å². The van der Waals surface area contributed by atoms with E-state index in [-0.39, 0.29) is 6.61 Å². The van der Waals surface area contributed by atoms with Crippen LogP contribution in [-0.2, 0) is 4.74 Å². The summed E-state index contributed by atoms with van der Waals surface area (Å²) in [6, 6.07) is 9.07. The molecular formula is C15H14N2O4. The van der Waals surface area contributed by atoms with Crippen molar-refractivity contribution in [3.05, 3.63) is 69.5 Å². The monoisotopic (exact) mass is 286 g/mol. The molecule has 0 unspecified atom stereocenters. The summed E-state index contributed by atoms with van der Waals surface area (Å²) in [4.78, 5) is 26.2. The molecule has 108 valence electrons. The molecule has 3 rings (SSSR count). The summed E-state index contributed by atoms with van der Waals surface area (Å²) in [6.07, 6.45) is 3.77. The van der Waals surface area contributed by atoms with Crippen LogP contribution < -0.4 is 11.2 Å². The molecule has 6 heteroatoms. The summed E-state index contributed by atoms with van der Waals surface area (Å²) >= 11 is 0. The maximum atomic E-state index is 12.0. The molecule has 2 aromatic rings. The van der Waals surface area contributed by atoms with E-state index >= 15 is 0 Å². The van der Waals surface area contributed by atoms with Crippen molar-refractivity contribution in [2.24, 2.45) is 0 Å². The van der Waals surface area contributed by atoms with E-state index in [2.05, 4.69) is 4.98 Å². The Morgan fingerprint density at radius 3 is 2.62 bits per heavy atom. The number of benzene rings is 1. The van der Waals surface area contributed by atoms with Gasteiger partial charge in [0, 0.05) is 6.20 Å². The predicted molar refractivity (Wildman–Crippen MR) is 76.9 cm³/mol. The molecule has 0 bridgehead atoms. The van der Waals surface area contributed by atoms with Crippen molar-refractivity contribution < 1.29 is 9.84 Å². The lowest BCUT2D eigenvalue weighted by atomic mass is 10.1. The molecule has 6 nitrogen and oxygen atoms in total. The molecule has 0 fully saturated rings. The summed E-state index contributed by atoms with van der Waals surface area (Å²) in [5, 5.41) is 9.06. The van der Waals surface area contributed by atoms with E-state index in [0.717, 1.165) is 0 Å². The van der Waals surface area contributed by atoms with Crippen molar-refractivity contribution in [1.82, 2.24) is 9.55 Å². The summed E-state index contributed by atoms with van der Waals surface area (Å²) in [5.74, 6) is 0. The van der Waals surface area contributed by atoms with Gasteiger partial charge < -0.3 is 9.84 Å². The molecule has 1 aliphatic rings. The number of aliphatic hydroxyl groups is 1. The first-order valence-electron chi connectivity index (χ1n) is 6.54. The van der Waals surface area contributed by atoms with Crippen molar-refractivity contribution >= 4 is 0 Å². The smallest absolute Gasteiger partial charge is 0.330 e. The SMILES string of the molecule is O=c1[nH]c(=O)n([C@@H]2C=C[C@@H](CO)O2)cc1-c1ccccc1. The topological polar surface area (TPSA) is 84.3 Å². The molecule has 2 N–H and O–H groups in total. The Bertz CT molecular complexity index is 776. The maximum absolute atomic E-state index is 12.0. The lowest BCUT2D eigenvalue weighted by Crippen LogP contribution is -2.33. The van der Waals surface area contributed by atoms with Crippen LogP contribution in [0.25, 0.3) is 11.1 Å². The minimum atomic E-state index is -0.631. The van der Waals surface area contributed by atoms with E-state index in [1.54, 1.807) is 24.3 Å². The number of rotatable bonds is 3. The minimum absolute atomic E-state index is 0.156. The van der Waals surface area contributed by atoms with E-state index in [0.29, 0.717) is 11.1 Å². The number of nitrogens with one attached hydrogen (secondary N) is 1.